The number of amides is 3. The molecule has 2 heterocycles. The highest BCUT2D eigenvalue weighted by atomic mass is 32.1. The Bertz CT molecular complexity index is 1060. The van der Waals surface area contributed by atoms with E-state index in [0.29, 0.717) is 29.2 Å². The van der Waals surface area contributed by atoms with E-state index in [-0.39, 0.29) is 11.5 Å². The Morgan fingerprint density at radius 1 is 1.13 bits per heavy atom. The number of carbonyl (C=O) groups excluding carboxylic acids is 4. The topological polar surface area (TPSA) is 119 Å². The first kappa shape index (κ1) is 21.0. The van der Waals surface area contributed by atoms with Crippen molar-refractivity contribution in [1.82, 2.24) is 0 Å². The zero-order valence-corrected chi connectivity index (χ0v) is 17.8. The average molecular weight is 442 g/mol. The molecule has 2 aromatic rings. The largest absolute Gasteiger partial charge is 0.452 e. The highest BCUT2D eigenvalue weighted by Crippen LogP contribution is 2.37. The molecule has 3 N–H and O–H groups in total. The summed E-state index contributed by atoms with van der Waals surface area (Å²) in [6.45, 7) is 0.124. The third-order valence-corrected chi connectivity index (χ3v) is 6.68. The van der Waals surface area contributed by atoms with Crippen LogP contribution >= 0.6 is 11.3 Å². The number of nitrogens with zero attached hydrogens (tertiary/aromatic N) is 1. The van der Waals surface area contributed by atoms with Gasteiger partial charge in [-0.3, -0.25) is 14.4 Å². The Morgan fingerprint density at radius 3 is 2.68 bits per heavy atom. The van der Waals surface area contributed by atoms with Crippen molar-refractivity contribution in [3.05, 3.63) is 45.8 Å². The summed E-state index contributed by atoms with van der Waals surface area (Å²) in [5.41, 5.74) is 7.71. The van der Waals surface area contributed by atoms with Gasteiger partial charge < -0.3 is 20.7 Å². The van der Waals surface area contributed by atoms with E-state index in [1.807, 2.05) is 0 Å². The minimum Gasteiger partial charge on any atom is -0.452 e. The van der Waals surface area contributed by atoms with E-state index in [1.54, 1.807) is 29.2 Å². The lowest BCUT2D eigenvalue weighted by Crippen LogP contribution is -2.24. The van der Waals surface area contributed by atoms with Crippen molar-refractivity contribution in [2.45, 2.75) is 38.5 Å². The van der Waals surface area contributed by atoms with Crippen LogP contribution in [0.5, 0.6) is 0 Å². The summed E-state index contributed by atoms with van der Waals surface area (Å²) in [7, 11) is 0. The highest BCUT2D eigenvalue weighted by molar-refractivity contribution is 7.17. The van der Waals surface area contributed by atoms with E-state index in [4.69, 9.17) is 10.5 Å². The maximum atomic E-state index is 12.4. The van der Waals surface area contributed by atoms with Crippen LogP contribution in [-0.4, -0.2) is 36.8 Å². The maximum absolute atomic E-state index is 12.4. The maximum Gasteiger partial charge on any atom is 0.338 e. The van der Waals surface area contributed by atoms with Crippen molar-refractivity contribution in [3.63, 3.8) is 0 Å². The number of nitrogens with two attached hydrogens (primary N) is 1. The summed E-state index contributed by atoms with van der Waals surface area (Å²) >= 11 is 1.35. The number of hydrogen-bond donors (Lipinski definition) is 2. The molecule has 0 spiro atoms. The van der Waals surface area contributed by atoms with E-state index in [9.17, 15) is 19.2 Å². The van der Waals surface area contributed by atoms with Gasteiger partial charge in [-0.05, 0) is 55.9 Å². The molecule has 1 aromatic heterocycles. The van der Waals surface area contributed by atoms with Crippen LogP contribution in [0.15, 0.2) is 24.3 Å². The Kier molecular flexibility index (Phi) is 6.03. The number of ether oxygens (including phenoxy) is 1. The molecular formula is C22H23N3O5S. The van der Waals surface area contributed by atoms with Crippen molar-refractivity contribution in [2.75, 3.05) is 23.4 Å². The van der Waals surface area contributed by atoms with Crippen molar-refractivity contribution < 1.29 is 23.9 Å². The van der Waals surface area contributed by atoms with Crippen LogP contribution in [0.4, 0.5) is 10.7 Å². The predicted octanol–water partition coefficient (Wildman–Crippen LogP) is 2.65. The van der Waals surface area contributed by atoms with Gasteiger partial charge in [0.2, 0.25) is 5.91 Å². The van der Waals surface area contributed by atoms with Gasteiger partial charge >= 0.3 is 5.97 Å². The van der Waals surface area contributed by atoms with Crippen LogP contribution in [0.3, 0.4) is 0 Å². The van der Waals surface area contributed by atoms with Crippen LogP contribution in [-0.2, 0) is 27.2 Å². The lowest BCUT2D eigenvalue weighted by molar-refractivity contribution is -0.119. The second-order valence-corrected chi connectivity index (χ2v) is 8.71. The molecule has 2 aliphatic rings. The molecule has 0 radical (unpaired) electrons. The zero-order valence-electron chi connectivity index (χ0n) is 16.9. The Labute approximate surface area is 183 Å². The minimum atomic E-state index is -0.663. The molecule has 8 nitrogen and oxygen atoms in total. The van der Waals surface area contributed by atoms with Gasteiger partial charge in [0.05, 0.1) is 11.1 Å². The molecule has 0 atom stereocenters. The quantitative estimate of drug-likeness (QED) is 0.668. The fraction of sp³-hybridized carbons (Fsp3) is 0.364. The smallest absolute Gasteiger partial charge is 0.338 e. The van der Waals surface area contributed by atoms with Crippen molar-refractivity contribution in [2.24, 2.45) is 5.73 Å². The average Bonchev–Trinajstić information content (AvgIpc) is 3.35. The van der Waals surface area contributed by atoms with Crippen molar-refractivity contribution in [3.8, 4) is 0 Å². The number of primary amides is 1. The fourth-order valence-corrected chi connectivity index (χ4v) is 5.32. The number of aryl methyl sites for hydroxylation is 1. The third-order valence-electron chi connectivity index (χ3n) is 5.47. The summed E-state index contributed by atoms with van der Waals surface area (Å²) in [5.74, 6) is -1.75. The van der Waals surface area contributed by atoms with Crippen LogP contribution in [0, 0.1) is 0 Å². The molecule has 1 saturated heterocycles. The third kappa shape index (κ3) is 4.46. The summed E-state index contributed by atoms with van der Waals surface area (Å²) in [5, 5.41) is 3.08. The second-order valence-electron chi connectivity index (χ2n) is 7.60. The molecule has 162 valence electrons. The number of esters is 1. The number of hydrogen-bond acceptors (Lipinski definition) is 6. The first-order valence-corrected chi connectivity index (χ1v) is 11.1. The summed E-state index contributed by atoms with van der Waals surface area (Å²) in [6.07, 6.45) is 4.93. The molecule has 1 aliphatic carbocycles. The number of fused-ring (bicyclic) bond motifs is 1. The number of benzene rings is 1. The first-order chi connectivity index (χ1) is 14.9. The lowest BCUT2D eigenvalue weighted by atomic mass is 9.95. The summed E-state index contributed by atoms with van der Waals surface area (Å²) < 4.78 is 5.14. The van der Waals surface area contributed by atoms with Crippen LogP contribution in [0.25, 0.3) is 0 Å². The Hall–Kier alpha value is -3.20. The molecule has 3 amide bonds. The SMILES string of the molecule is NC(=O)c1c(NC(=O)COC(=O)c2cccc(N3CCCC3=O)c2)sc2c1CCCC2. The summed E-state index contributed by atoms with van der Waals surface area (Å²) in [4.78, 5) is 51.3. The minimum absolute atomic E-state index is 0.0220. The standard InChI is InChI=1S/C22H23N3O5S/c23-20(28)19-15-7-1-2-8-16(15)31-21(19)24-17(26)12-30-22(29)13-5-3-6-14(11-13)25-10-4-9-18(25)27/h3,5-6,11H,1-2,4,7-10,12H2,(H2,23,28)(H,24,26). The van der Waals surface area contributed by atoms with Crippen molar-refractivity contribution >= 4 is 45.7 Å². The Morgan fingerprint density at radius 2 is 1.94 bits per heavy atom. The normalized spacial score (nSPS) is 15.5. The molecule has 9 heteroatoms. The molecule has 0 unspecified atom stereocenters. The molecule has 4 rings (SSSR count). The van der Waals surface area contributed by atoms with Crippen LogP contribution < -0.4 is 16.0 Å². The lowest BCUT2D eigenvalue weighted by Gasteiger charge is -2.16. The van der Waals surface area contributed by atoms with Gasteiger partial charge in [-0.15, -0.1) is 11.3 Å². The molecule has 31 heavy (non-hydrogen) atoms. The number of thiophene rings is 1. The molecule has 1 aromatic carbocycles. The number of nitrogens with one attached hydrogen (secondary N) is 1. The molecule has 1 aliphatic heterocycles. The fourth-order valence-electron chi connectivity index (χ4n) is 4.01. The molecule has 0 bridgehead atoms. The first-order valence-electron chi connectivity index (χ1n) is 10.3. The summed E-state index contributed by atoms with van der Waals surface area (Å²) in [6, 6.07) is 6.59. The van der Waals surface area contributed by atoms with Gasteiger partial charge in [0.15, 0.2) is 6.61 Å². The van der Waals surface area contributed by atoms with Gasteiger partial charge in [-0.2, -0.15) is 0 Å². The molecule has 0 saturated carbocycles. The van der Waals surface area contributed by atoms with Crippen LogP contribution in [0.2, 0.25) is 0 Å². The van der Waals surface area contributed by atoms with Gasteiger partial charge in [0, 0.05) is 23.5 Å². The van der Waals surface area contributed by atoms with E-state index in [1.165, 1.54) is 11.3 Å². The van der Waals surface area contributed by atoms with E-state index >= 15 is 0 Å². The van der Waals surface area contributed by atoms with Gasteiger partial charge in [0.1, 0.15) is 5.00 Å². The number of carbonyl (C=O) groups is 4. The van der Waals surface area contributed by atoms with E-state index in [0.717, 1.165) is 42.5 Å². The number of rotatable bonds is 6. The monoisotopic (exact) mass is 441 g/mol. The van der Waals surface area contributed by atoms with E-state index in [2.05, 4.69) is 5.32 Å². The van der Waals surface area contributed by atoms with Gasteiger partial charge in [0.25, 0.3) is 11.8 Å². The predicted molar refractivity (Wildman–Crippen MR) is 116 cm³/mol. The van der Waals surface area contributed by atoms with Crippen molar-refractivity contribution in [1.29, 1.82) is 0 Å². The highest BCUT2D eigenvalue weighted by Gasteiger charge is 2.26. The van der Waals surface area contributed by atoms with Crippen LogP contribution in [0.1, 0.15) is 56.8 Å². The van der Waals surface area contributed by atoms with Gasteiger partial charge in [-0.1, -0.05) is 6.07 Å². The molecular weight excluding hydrogens is 418 g/mol. The Balaban J connectivity index is 1.39. The van der Waals surface area contributed by atoms with E-state index < -0.39 is 24.4 Å². The second kappa shape index (κ2) is 8.89. The number of anilines is 2. The zero-order chi connectivity index (χ0) is 22.0. The van der Waals surface area contributed by atoms with Gasteiger partial charge in [-0.25, -0.2) is 4.79 Å². The molecule has 1 fully saturated rings.